The lowest BCUT2D eigenvalue weighted by molar-refractivity contribution is -0.121. The summed E-state index contributed by atoms with van der Waals surface area (Å²) in [6.07, 6.45) is 2.95. The minimum atomic E-state index is 0.0220. The molecule has 0 radical (unpaired) electrons. The number of anilines is 1. The van der Waals surface area contributed by atoms with Gasteiger partial charge in [0.15, 0.2) is 0 Å². The summed E-state index contributed by atoms with van der Waals surface area (Å²) in [5.41, 5.74) is 4.32. The molecule has 1 N–H and O–H groups in total. The molecule has 4 rings (SSSR count). The number of piperidine rings is 1. The highest BCUT2D eigenvalue weighted by Crippen LogP contribution is 2.22. The van der Waals surface area contributed by atoms with Gasteiger partial charge >= 0.3 is 0 Å². The van der Waals surface area contributed by atoms with Gasteiger partial charge in [0.25, 0.3) is 0 Å². The number of hydrogen-bond donors (Lipinski definition) is 1. The summed E-state index contributed by atoms with van der Waals surface area (Å²) in [5, 5.41) is 3.12. The Morgan fingerprint density at radius 3 is 2.89 bits per heavy atom. The average Bonchev–Trinajstić information content (AvgIpc) is 3.04. The van der Waals surface area contributed by atoms with Crippen LogP contribution in [-0.2, 0) is 24.8 Å². The van der Waals surface area contributed by atoms with E-state index in [0.29, 0.717) is 0 Å². The molecule has 5 heteroatoms. The second kappa shape index (κ2) is 8.15. The van der Waals surface area contributed by atoms with Crippen molar-refractivity contribution in [1.82, 2.24) is 14.5 Å². The van der Waals surface area contributed by atoms with Crippen LogP contribution in [0.15, 0.2) is 48.5 Å². The third kappa shape index (κ3) is 3.94. The number of fused-ring (bicyclic) bond motifs is 1. The van der Waals surface area contributed by atoms with Crippen molar-refractivity contribution in [3.05, 3.63) is 59.9 Å². The summed E-state index contributed by atoms with van der Waals surface area (Å²) < 4.78 is 2.16. The van der Waals surface area contributed by atoms with Crippen molar-refractivity contribution in [3.63, 3.8) is 0 Å². The molecule has 0 saturated carbocycles. The van der Waals surface area contributed by atoms with E-state index in [1.165, 1.54) is 5.56 Å². The number of aryl methyl sites for hydroxylation is 2. The molecular formula is C23H28N4O. The van der Waals surface area contributed by atoms with E-state index in [1.807, 2.05) is 24.3 Å². The molecule has 1 aliphatic rings. The lowest BCUT2D eigenvalue weighted by Gasteiger charge is -2.31. The third-order valence-corrected chi connectivity index (χ3v) is 5.72. The predicted octanol–water partition coefficient (Wildman–Crippen LogP) is 3.99. The molecule has 2 heterocycles. The van der Waals surface area contributed by atoms with Gasteiger partial charge < -0.3 is 9.88 Å². The minimum Gasteiger partial charge on any atom is -0.330 e. The molecule has 0 unspecified atom stereocenters. The van der Waals surface area contributed by atoms with Crippen LogP contribution in [0.25, 0.3) is 11.0 Å². The zero-order chi connectivity index (χ0) is 19.5. The Bertz CT molecular complexity index is 978. The highest BCUT2D eigenvalue weighted by atomic mass is 16.1. The maximum atomic E-state index is 12.8. The van der Waals surface area contributed by atoms with Crippen LogP contribution in [0.3, 0.4) is 0 Å². The maximum absolute atomic E-state index is 12.8. The molecule has 0 aliphatic carbocycles. The molecular weight excluding hydrogens is 348 g/mol. The van der Waals surface area contributed by atoms with Crippen LogP contribution < -0.4 is 5.32 Å². The predicted molar refractivity (Wildman–Crippen MR) is 113 cm³/mol. The second-order valence-electron chi connectivity index (χ2n) is 7.69. The number of nitrogens with one attached hydrogen (secondary N) is 1. The third-order valence-electron chi connectivity index (χ3n) is 5.72. The van der Waals surface area contributed by atoms with E-state index in [-0.39, 0.29) is 11.8 Å². The summed E-state index contributed by atoms with van der Waals surface area (Å²) in [7, 11) is 2.07. The number of imidazole rings is 1. The van der Waals surface area contributed by atoms with Crippen molar-refractivity contribution in [1.29, 1.82) is 0 Å². The molecule has 146 valence electrons. The van der Waals surface area contributed by atoms with Gasteiger partial charge in [-0.1, -0.05) is 31.2 Å². The number of carbonyl (C=O) groups excluding carboxylic acids is 1. The maximum Gasteiger partial charge on any atom is 0.228 e. The van der Waals surface area contributed by atoms with Crippen LogP contribution in [0.1, 0.15) is 31.2 Å². The molecule has 28 heavy (non-hydrogen) atoms. The summed E-state index contributed by atoms with van der Waals surface area (Å²) in [5.74, 6) is 1.20. The smallest absolute Gasteiger partial charge is 0.228 e. The number of benzene rings is 2. The van der Waals surface area contributed by atoms with E-state index < -0.39 is 0 Å². The standard InChI is InChI=1S/C23H28N4O/c1-3-17-8-6-10-19(14-17)24-23(28)18-9-7-13-27(15-18)16-22-25-20-11-4-5-12-21(20)26(22)2/h4-6,8,10-12,14,18H,3,7,9,13,15-16H2,1-2H3,(H,24,28)/t18-/m0/s1. The van der Waals surface area contributed by atoms with Crippen LogP contribution in [0, 0.1) is 5.92 Å². The fourth-order valence-corrected chi connectivity index (χ4v) is 4.06. The Balaban J connectivity index is 1.42. The molecule has 1 fully saturated rings. The molecule has 3 aromatic rings. The molecule has 1 aliphatic heterocycles. The van der Waals surface area contributed by atoms with Gasteiger partial charge in [-0.15, -0.1) is 0 Å². The van der Waals surface area contributed by atoms with E-state index in [4.69, 9.17) is 4.98 Å². The van der Waals surface area contributed by atoms with Gasteiger partial charge in [-0.25, -0.2) is 4.98 Å². The molecule has 1 saturated heterocycles. The van der Waals surface area contributed by atoms with Crippen molar-refractivity contribution in [2.45, 2.75) is 32.7 Å². The summed E-state index contributed by atoms with van der Waals surface area (Å²) in [6.45, 7) is 4.70. The minimum absolute atomic E-state index is 0.0220. The van der Waals surface area contributed by atoms with Crippen molar-refractivity contribution in [2.75, 3.05) is 18.4 Å². The SMILES string of the molecule is CCc1cccc(NC(=O)[C@H]2CCCN(Cc3nc4ccccc4n3C)C2)c1. The molecule has 1 atom stereocenters. The Morgan fingerprint density at radius 2 is 2.07 bits per heavy atom. The van der Waals surface area contributed by atoms with Gasteiger partial charge in [-0.05, 0) is 55.6 Å². The summed E-state index contributed by atoms with van der Waals surface area (Å²) in [6, 6.07) is 16.4. The van der Waals surface area contributed by atoms with Crippen LogP contribution in [0.4, 0.5) is 5.69 Å². The number of hydrogen-bond acceptors (Lipinski definition) is 3. The fourth-order valence-electron chi connectivity index (χ4n) is 4.06. The zero-order valence-corrected chi connectivity index (χ0v) is 16.7. The van der Waals surface area contributed by atoms with E-state index in [2.05, 4.69) is 53.0 Å². The van der Waals surface area contributed by atoms with E-state index in [1.54, 1.807) is 0 Å². The lowest BCUT2D eigenvalue weighted by atomic mass is 9.97. The molecule has 5 nitrogen and oxygen atoms in total. The highest BCUT2D eigenvalue weighted by Gasteiger charge is 2.26. The van der Waals surface area contributed by atoms with E-state index >= 15 is 0 Å². The van der Waals surface area contributed by atoms with Gasteiger partial charge in [0.2, 0.25) is 5.91 Å². The van der Waals surface area contributed by atoms with E-state index in [9.17, 15) is 4.79 Å². The zero-order valence-electron chi connectivity index (χ0n) is 16.7. The highest BCUT2D eigenvalue weighted by molar-refractivity contribution is 5.92. The first-order valence-electron chi connectivity index (χ1n) is 10.2. The molecule has 0 bridgehead atoms. The monoisotopic (exact) mass is 376 g/mol. The molecule has 1 aromatic heterocycles. The Labute approximate surface area is 166 Å². The number of likely N-dealkylation sites (tertiary alicyclic amines) is 1. The van der Waals surface area contributed by atoms with Gasteiger partial charge in [0.1, 0.15) is 5.82 Å². The van der Waals surface area contributed by atoms with Crippen LogP contribution in [0.2, 0.25) is 0 Å². The van der Waals surface area contributed by atoms with Crippen molar-refractivity contribution in [2.24, 2.45) is 13.0 Å². The van der Waals surface area contributed by atoms with Gasteiger partial charge in [-0.2, -0.15) is 0 Å². The number of carbonyl (C=O) groups is 1. The summed E-state index contributed by atoms with van der Waals surface area (Å²) >= 11 is 0. The van der Waals surface area contributed by atoms with Crippen molar-refractivity contribution in [3.8, 4) is 0 Å². The molecule has 0 spiro atoms. The van der Waals surface area contributed by atoms with Gasteiger partial charge in [0.05, 0.1) is 23.5 Å². The topological polar surface area (TPSA) is 50.2 Å². The fraction of sp³-hybridized carbons (Fsp3) is 0.391. The van der Waals surface area contributed by atoms with Crippen molar-refractivity contribution >= 4 is 22.6 Å². The van der Waals surface area contributed by atoms with E-state index in [0.717, 1.165) is 61.4 Å². The van der Waals surface area contributed by atoms with Crippen LogP contribution in [-0.4, -0.2) is 33.4 Å². The van der Waals surface area contributed by atoms with Crippen molar-refractivity contribution < 1.29 is 4.79 Å². The van der Waals surface area contributed by atoms with Crippen LogP contribution >= 0.6 is 0 Å². The summed E-state index contributed by atoms with van der Waals surface area (Å²) in [4.78, 5) is 20.0. The Kier molecular flexibility index (Phi) is 5.44. The normalized spacial score (nSPS) is 17.7. The first-order chi connectivity index (χ1) is 13.6. The molecule has 2 aromatic carbocycles. The number of nitrogens with zero attached hydrogens (tertiary/aromatic N) is 3. The second-order valence-corrected chi connectivity index (χ2v) is 7.69. The Hall–Kier alpha value is -2.66. The quantitative estimate of drug-likeness (QED) is 0.733. The average molecular weight is 377 g/mol. The number of amides is 1. The molecule has 1 amide bonds. The lowest BCUT2D eigenvalue weighted by Crippen LogP contribution is -2.40. The Morgan fingerprint density at radius 1 is 1.21 bits per heavy atom. The first kappa shape index (κ1) is 18.7. The van der Waals surface area contributed by atoms with Gasteiger partial charge in [-0.3, -0.25) is 9.69 Å². The first-order valence-corrected chi connectivity index (χ1v) is 10.2. The van der Waals surface area contributed by atoms with Gasteiger partial charge in [0, 0.05) is 19.3 Å². The van der Waals surface area contributed by atoms with Crippen LogP contribution in [0.5, 0.6) is 0 Å². The number of rotatable bonds is 5. The number of para-hydroxylation sites is 2. The number of aromatic nitrogens is 2. The largest absolute Gasteiger partial charge is 0.330 e.